The topological polar surface area (TPSA) is 68.3 Å². The molecular weight excluding hydrogens is 352 g/mol. The van der Waals surface area contributed by atoms with Crippen molar-refractivity contribution in [2.45, 2.75) is 26.7 Å². The normalized spacial score (nSPS) is 10.6. The van der Waals surface area contributed by atoms with Crippen LogP contribution in [-0.4, -0.2) is 24.2 Å². The molecule has 28 heavy (non-hydrogen) atoms. The summed E-state index contributed by atoms with van der Waals surface area (Å²) in [6.45, 7) is 6.23. The Morgan fingerprint density at radius 2 is 1.32 bits per heavy atom. The largest absolute Gasteiger partial charge is 0.493 e. The minimum absolute atomic E-state index is 0.507. The third-order valence-corrected chi connectivity index (χ3v) is 4.34. The SMILES string of the molecule is COc1ccc(Nc2cc(Nc3ccc(C(C)C)cc3)nc(C)n2)cc1OC. The summed E-state index contributed by atoms with van der Waals surface area (Å²) in [7, 11) is 3.23. The first-order chi connectivity index (χ1) is 13.5. The number of hydrogen-bond donors (Lipinski definition) is 2. The van der Waals surface area contributed by atoms with Gasteiger partial charge < -0.3 is 20.1 Å². The lowest BCUT2D eigenvalue weighted by atomic mass is 10.0. The molecule has 0 atom stereocenters. The van der Waals surface area contributed by atoms with E-state index < -0.39 is 0 Å². The quantitative estimate of drug-likeness (QED) is 0.573. The minimum Gasteiger partial charge on any atom is -0.493 e. The Balaban J connectivity index is 1.79. The first kappa shape index (κ1) is 19.5. The Kier molecular flexibility index (Phi) is 5.99. The predicted molar refractivity (Wildman–Crippen MR) is 113 cm³/mol. The number of rotatable bonds is 7. The molecule has 0 aliphatic heterocycles. The van der Waals surface area contributed by atoms with E-state index in [9.17, 15) is 0 Å². The van der Waals surface area contributed by atoms with E-state index in [1.165, 1.54) is 5.56 Å². The predicted octanol–water partition coefficient (Wildman–Crippen LogP) is 5.41. The van der Waals surface area contributed by atoms with E-state index in [-0.39, 0.29) is 0 Å². The highest BCUT2D eigenvalue weighted by Crippen LogP contribution is 2.31. The van der Waals surface area contributed by atoms with Gasteiger partial charge in [0.05, 0.1) is 14.2 Å². The molecular formula is C22H26N4O2. The Labute approximate surface area is 166 Å². The van der Waals surface area contributed by atoms with Gasteiger partial charge in [0.1, 0.15) is 17.5 Å². The number of hydrogen-bond acceptors (Lipinski definition) is 6. The maximum Gasteiger partial charge on any atom is 0.162 e. The van der Waals surface area contributed by atoms with E-state index in [4.69, 9.17) is 9.47 Å². The molecule has 0 saturated carbocycles. The number of benzene rings is 2. The second kappa shape index (κ2) is 8.61. The Bertz CT molecular complexity index is 940. The van der Waals surface area contributed by atoms with E-state index in [0.29, 0.717) is 29.1 Å². The summed E-state index contributed by atoms with van der Waals surface area (Å²) in [4.78, 5) is 8.95. The minimum atomic E-state index is 0.507. The van der Waals surface area contributed by atoms with Crippen LogP contribution < -0.4 is 20.1 Å². The van der Waals surface area contributed by atoms with Gasteiger partial charge >= 0.3 is 0 Å². The maximum atomic E-state index is 5.36. The molecule has 0 amide bonds. The molecule has 0 aliphatic carbocycles. The summed E-state index contributed by atoms with van der Waals surface area (Å²) in [6, 6.07) is 15.9. The zero-order valence-electron chi connectivity index (χ0n) is 16.9. The molecule has 2 N–H and O–H groups in total. The van der Waals surface area contributed by atoms with Crippen LogP contribution in [0.1, 0.15) is 31.2 Å². The maximum absolute atomic E-state index is 5.36. The van der Waals surface area contributed by atoms with Crippen LogP contribution in [0.25, 0.3) is 0 Å². The van der Waals surface area contributed by atoms with Gasteiger partial charge in [-0.05, 0) is 42.7 Å². The highest BCUT2D eigenvalue weighted by molar-refractivity contribution is 5.65. The van der Waals surface area contributed by atoms with Crippen LogP contribution in [0.3, 0.4) is 0 Å². The monoisotopic (exact) mass is 378 g/mol. The smallest absolute Gasteiger partial charge is 0.162 e. The van der Waals surface area contributed by atoms with E-state index in [0.717, 1.165) is 17.2 Å². The van der Waals surface area contributed by atoms with E-state index in [1.54, 1.807) is 14.2 Å². The summed E-state index contributed by atoms with van der Waals surface area (Å²) in [5.74, 6) is 3.94. The average Bonchev–Trinajstić information content (AvgIpc) is 2.67. The lowest BCUT2D eigenvalue weighted by Crippen LogP contribution is -2.02. The first-order valence-electron chi connectivity index (χ1n) is 9.20. The molecule has 1 aromatic heterocycles. The van der Waals surface area contributed by atoms with Crippen molar-refractivity contribution in [3.05, 3.63) is 59.9 Å². The zero-order valence-corrected chi connectivity index (χ0v) is 16.9. The average molecular weight is 378 g/mol. The first-order valence-corrected chi connectivity index (χ1v) is 9.20. The lowest BCUT2D eigenvalue weighted by Gasteiger charge is -2.13. The van der Waals surface area contributed by atoms with Gasteiger partial charge in [-0.1, -0.05) is 26.0 Å². The molecule has 146 valence electrons. The van der Waals surface area contributed by atoms with Gasteiger partial charge in [0.2, 0.25) is 0 Å². The van der Waals surface area contributed by atoms with Gasteiger partial charge in [-0.2, -0.15) is 0 Å². The number of anilines is 4. The molecule has 3 rings (SSSR count). The molecule has 6 heteroatoms. The van der Waals surface area contributed by atoms with Crippen molar-refractivity contribution < 1.29 is 9.47 Å². The van der Waals surface area contributed by atoms with Crippen LogP contribution in [0.4, 0.5) is 23.0 Å². The standard InChI is InChI=1S/C22H26N4O2/c1-14(2)16-6-8-17(9-7-16)25-21-13-22(24-15(3)23-21)26-18-10-11-19(27-4)20(12-18)28-5/h6-14H,1-5H3,(H2,23,24,25,26). The number of nitrogens with zero attached hydrogens (tertiary/aromatic N) is 2. The fraction of sp³-hybridized carbons (Fsp3) is 0.273. The third kappa shape index (κ3) is 4.71. The fourth-order valence-corrected chi connectivity index (χ4v) is 2.86. The molecule has 0 fully saturated rings. The highest BCUT2D eigenvalue weighted by atomic mass is 16.5. The molecule has 0 spiro atoms. The lowest BCUT2D eigenvalue weighted by molar-refractivity contribution is 0.355. The van der Waals surface area contributed by atoms with Gasteiger partial charge in [-0.3, -0.25) is 0 Å². The van der Waals surface area contributed by atoms with Crippen LogP contribution in [0.2, 0.25) is 0 Å². The van der Waals surface area contributed by atoms with Crippen LogP contribution in [-0.2, 0) is 0 Å². The molecule has 3 aromatic rings. The number of methoxy groups -OCH3 is 2. The van der Waals surface area contributed by atoms with Gasteiger partial charge in [0.15, 0.2) is 11.5 Å². The zero-order chi connectivity index (χ0) is 20.1. The molecule has 0 aliphatic rings. The number of aromatic nitrogens is 2. The van der Waals surface area contributed by atoms with Crippen molar-refractivity contribution in [1.82, 2.24) is 9.97 Å². The molecule has 6 nitrogen and oxygen atoms in total. The summed E-state index contributed by atoms with van der Waals surface area (Å²) in [5.41, 5.74) is 3.14. The van der Waals surface area contributed by atoms with Crippen molar-refractivity contribution in [3.63, 3.8) is 0 Å². The number of ether oxygens (including phenoxy) is 2. The van der Waals surface area contributed by atoms with Crippen LogP contribution >= 0.6 is 0 Å². The molecule has 0 bridgehead atoms. The van der Waals surface area contributed by atoms with Crippen LogP contribution in [0.5, 0.6) is 11.5 Å². The fourth-order valence-electron chi connectivity index (χ4n) is 2.86. The molecule has 0 radical (unpaired) electrons. The van der Waals surface area contributed by atoms with Gasteiger partial charge in [0, 0.05) is 23.5 Å². The van der Waals surface area contributed by atoms with E-state index in [2.05, 4.69) is 58.7 Å². The van der Waals surface area contributed by atoms with E-state index in [1.807, 2.05) is 31.2 Å². The summed E-state index contributed by atoms with van der Waals surface area (Å²) < 4.78 is 10.6. The highest BCUT2D eigenvalue weighted by Gasteiger charge is 2.07. The summed E-state index contributed by atoms with van der Waals surface area (Å²) in [5, 5.41) is 6.64. The Morgan fingerprint density at radius 3 is 1.89 bits per heavy atom. The Morgan fingerprint density at radius 1 is 0.750 bits per heavy atom. The summed E-state index contributed by atoms with van der Waals surface area (Å²) >= 11 is 0. The van der Waals surface area contributed by atoms with Crippen molar-refractivity contribution in [1.29, 1.82) is 0 Å². The van der Waals surface area contributed by atoms with E-state index >= 15 is 0 Å². The van der Waals surface area contributed by atoms with Crippen molar-refractivity contribution in [2.75, 3.05) is 24.9 Å². The second-order valence-corrected chi connectivity index (χ2v) is 6.78. The molecule has 1 heterocycles. The molecule has 0 unspecified atom stereocenters. The Hall–Kier alpha value is -3.28. The van der Waals surface area contributed by atoms with Gasteiger partial charge in [0.25, 0.3) is 0 Å². The van der Waals surface area contributed by atoms with Crippen LogP contribution in [0.15, 0.2) is 48.5 Å². The molecule has 0 saturated heterocycles. The number of aryl methyl sites for hydroxylation is 1. The van der Waals surface area contributed by atoms with Crippen LogP contribution in [0, 0.1) is 6.92 Å². The summed E-state index contributed by atoms with van der Waals surface area (Å²) in [6.07, 6.45) is 0. The van der Waals surface area contributed by atoms with Crippen molar-refractivity contribution in [2.24, 2.45) is 0 Å². The third-order valence-electron chi connectivity index (χ3n) is 4.34. The van der Waals surface area contributed by atoms with Gasteiger partial charge in [-0.15, -0.1) is 0 Å². The second-order valence-electron chi connectivity index (χ2n) is 6.78. The molecule has 2 aromatic carbocycles. The van der Waals surface area contributed by atoms with Crippen molar-refractivity contribution >= 4 is 23.0 Å². The van der Waals surface area contributed by atoms with Crippen molar-refractivity contribution in [3.8, 4) is 11.5 Å². The van der Waals surface area contributed by atoms with Gasteiger partial charge in [-0.25, -0.2) is 9.97 Å². The number of nitrogens with one attached hydrogen (secondary N) is 2.